The number of aliphatic carboxylic acids is 1. The van der Waals surface area contributed by atoms with Crippen molar-refractivity contribution in [3.05, 3.63) is 40.0 Å². The number of carboxylic acids is 1. The van der Waals surface area contributed by atoms with Gasteiger partial charge in [0, 0.05) is 4.47 Å². The van der Waals surface area contributed by atoms with Gasteiger partial charge in [-0.15, -0.1) is 0 Å². The Kier molecular flexibility index (Phi) is 3.66. The van der Waals surface area contributed by atoms with Crippen molar-refractivity contribution < 1.29 is 19.5 Å². The molecule has 3 amide bonds. The molecule has 1 fully saturated rings. The third-order valence-electron chi connectivity index (χ3n) is 2.44. The lowest BCUT2D eigenvalue weighted by Crippen LogP contribution is -2.35. The SMILES string of the molecule is O=C(O)CN1C(=O)N/C(=C/c2ccc(Br)cc2)C1=O. The molecular formula is C12H9BrN2O4. The Balaban J connectivity index is 2.23. The van der Waals surface area contributed by atoms with E-state index < -0.39 is 24.5 Å². The summed E-state index contributed by atoms with van der Waals surface area (Å²) in [6.45, 7) is -0.650. The number of nitrogens with zero attached hydrogens (tertiary/aromatic N) is 1. The zero-order valence-corrected chi connectivity index (χ0v) is 11.2. The smallest absolute Gasteiger partial charge is 0.329 e. The maximum atomic E-state index is 11.8. The minimum absolute atomic E-state index is 0.0635. The molecule has 1 aromatic carbocycles. The van der Waals surface area contributed by atoms with E-state index in [4.69, 9.17) is 5.11 Å². The summed E-state index contributed by atoms with van der Waals surface area (Å²) in [5.41, 5.74) is 0.789. The first-order valence-corrected chi connectivity index (χ1v) is 6.08. The molecule has 1 saturated heterocycles. The van der Waals surface area contributed by atoms with Gasteiger partial charge in [-0.05, 0) is 23.8 Å². The number of halogens is 1. The first-order chi connectivity index (χ1) is 8.97. The summed E-state index contributed by atoms with van der Waals surface area (Å²) < 4.78 is 0.893. The van der Waals surface area contributed by atoms with E-state index in [2.05, 4.69) is 21.2 Å². The van der Waals surface area contributed by atoms with Crippen LogP contribution in [0.3, 0.4) is 0 Å². The lowest BCUT2D eigenvalue weighted by Gasteiger charge is -2.06. The van der Waals surface area contributed by atoms with Gasteiger partial charge in [-0.1, -0.05) is 28.1 Å². The molecule has 0 bridgehead atoms. The summed E-state index contributed by atoms with van der Waals surface area (Å²) in [7, 11) is 0. The molecule has 0 atom stereocenters. The number of hydrogen-bond acceptors (Lipinski definition) is 3. The molecule has 0 spiro atoms. The van der Waals surface area contributed by atoms with E-state index in [1.165, 1.54) is 6.08 Å². The predicted molar refractivity (Wildman–Crippen MR) is 70.0 cm³/mol. The van der Waals surface area contributed by atoms with Gasteiger partial charge in [0.2, 0.25) is 0 Å². The number of amides is 3. The van der Waals surface area contributed by atoms with Crippen molar-refractivity contribution in [1.82, 2.24) is 10.2 Å². The van der Waals surface area contributed by atoms with Gasteiger partial charge in [-0.25, -0.2) is 9.69 Å². The van der Waals surface area contributed by atoms with Crippen LogP contribution in [0.4, 0.5) is 4.79 Å². The van der Waals surface area contributed by atoms with E-state index in [9.17, 15) is 14.4 Å². The highest BCUT2D eigenvalue weighted by molar-refractivity contribution is 9.10. The van der Waals surface area contributed by atoms with Crippen molar-refractivity contribution in [2.24, 2.45) is 0 Å². The summed E-state index contributed by atoms with van der Waals surface area (Å²) >= 11 is 3.29. The Bertz CT molecular complexity index is 580. The summed E-state index contributed by atoms with van der Waals surface area (Å²) in [6, 6.07) is 6.38. The Morgan fingerprint density at radius 3 is 2.53 bits per heavy atom. The normalized spacial score (nSPS) is 16.9. The summed E-state index contributed by atoms with van der Waals surface area (Å²) in [4.78, 5) is 34.5. The molecule has 1 heterocycles. The third kappa shape index (κ3) is 3.00. The summed E-state index contributed by atoms with van der Waals surface area (Å²) in [5, 5.41) is 11.0. The minimum atomic E-state index is -1.24. The number of benzene rings is 1. The fourth-order valence-electron chi connectivity index (χ4n) is 1.58. The maximum absolute atomic E-state index is 11.8. The summed E-state index contributed by atoms with van der Waals surface area (Å²) in [6.07, 6.45) is 1.49. The van der Waals surface area contributed by atoms with Gasteiger partial charge in [0.05, 0.1) is 0 Å². The molecule has 19 heavy (non-hydrogen) atoms. The molecule has 0 aliphatic carbocycles. The lowest BCUT2D eigenvalue weighted by molar-refractivity contribution is -0.140. The van der Waals surface area contributed by atoms with Crippen LogP contribution in [0.5, 0.6) is 0 Å². The van der Waals surface area contributed by atoms with E-state index >= 15 is 0 Å². The maximum Gasteiger partial charge on any atom is 0.329 e. The van der Waals surface area contributed by atoms with Crippen LogP contribution in [0.2, 0.25) is 0 Å². The number of carboxylic acid groups (broad SMARTS) is 1. The zero-order valence-electron chi connectivity index (χ0n) is 9.59. The molecule has 1 aromatic rings. The number of rotatable bonds is 3. The zero-order chi connectivity index (χ0) is 14.0. The molecule has 0 radical (unpaired) electrons. The quantitative estimate of drug-likeness (QED) is 0.650. The van der Waals surface area contributed by atoms with Crippen LogP contribution in [0.15, 0.2) is 34.4 Å². The minimum Gasteiger partial charge on any atom is -0.480 e. The molecule has 0 saturated carbocycles. The predicted octanol–water partition coefficient (Wildman–Crippen LogP) is 1.43. The van der Waals surface area contributed by atoms with E-state index in [0.717, 1.165) is 10.0 Å². The van der Waals surface area contributed by atoms with Gasteiger partial charge in [0.25, 0.3) is 5.91 Å². The fourth-order valence-corrected chi connectivity index (χ4v) is 1.84. The highest BCUT2D eigenvalue weighted by Crippen LogP contribution is 2.16. The highest BCUT2D eigenvalue weighted by atomic mass is 79.9. The molecule has 6 nitrogen and oxygen atoms in total. The highest BCUT2D eigenvalue weighted by Gasteiger charge is 2.34. The molecule has 7 heteroatoms. The van der Waals surface area contributed by atoms with Crippen molar-refractivity contribution in [3.63, 3.8) is 0 Å². The van der Waals surface area contributed by atoms with Crippen molar-refractivity contribution in [2.45, 2.75) is 0 Å². The van der Waals surface area contributed by atoms with Gasteiger partial charge in [-0.3, -0.25) is 9.59 Å². The number of carbonyl (C=O) groups excluding carboxylic acids is 2. The lowest BCUT2D eigenvalue weighted by atomic mass is 10.2. The average molecular weight is 325 g/mol. The topological polar surface area (TPSA) is 86.7 Å². The number of nitrogens with one attached hydrogen (secondary N) is 1. The van der Waals surface area contributed by atoms with Gasteiger partial charge in [0.15, 0.2) is 0 Å². The average Bonchev–Trinajstić information content (AvgIpc) is 2.60. The second-order valence-corrected chi connectivity index (χ2v) is 4.74. The van der Waals surface area contributed by atoms with Gasteiger partial charge in [-0.2, -0.15) is 0 Å². The Hall–Kier alpha value is -2.15. The molecular weight excluding hydrogens is 316 g/mol. The molecule has 0 aromatic heterocycles. The van der Waals surface area contributed by atoms with Crippen molar-refractivity contribution in [1.29, 1.82) is 0 Å². The number of carbonyl (C=O) groups is 3. The second kappa shape index (κ2) is 5.23. The van der Waals surface area contributed by atoms with E-state index in [0.29, 0.717) is 4.90 Å². The van der Waals surface area contributed by atoms with Crippen LogP contribution >= 0.6 is 15.9 Å². The van der Waals surface area contributed by atoms with Crippen molar-refractivity contribution in [2.75, 3.05) is 6.54 Å². The largest absolute Gasteiger partial charge is 0.480 e. The van der Waals surface area contributed by atoms with Gasteiger partial charge in [0.1, 0.15) is 12.2 Å². The van der Waals surface area contributed by atoms with Gasteiger partial charge < -0.3 is 10.4 Å². The third-order valence-corrected chi connectivity index (χ3v) is 2.97. The second-order valence-electron chi connectivity index (χ2n) is 3.82. The Morgan fingerprint density at radius 2 is 1.95 bits per heavy atom. The van der Waals surface area contributed by atoms with Crippen LogP contribution in [0.1, 0.15) is 5.56 Å². The summed E-state index contributed by atoms with van der Waals surface area (Å²) in [5.74, 6) is -1.89. The van der Waals surface area contributed by atoms with Crippen LogP contribution < -0.4 is 5.32 Å². The Morgan fingerprint density at radius 1 is 1.32 bits per heavy atom. The Labute approximate surface area is 116 Å². The van der Waals surface area contributed by atoms with Crippen LogP contribution in [-0.2, 0) is 9.59 Å². The number of hydrogen-bond donors (Lipinski definition) is 2. The number of imide groups is 1. The molecule has 1 aliphatic heterocycles. The van der Waals surface area contributed by atoms with E-state index in [1.807, 2.05) is 0 Å². The molecule has 0 unspecified atom stereocenters. The van der Waals surface area contributed by atoms with E-state index in [-0.39, 0.29) is 5.70 Å². The van der Waals surface area contributed by atoms with Crippen LogP contribution in [-0.4, -0.2) is 34.5 Å². The molecule has 2 rings (SSSR count). The van der Waals surface area contributed by atoms with E-state index in [1.54, 1.807) is 24.3 Å². The monoisotopic (exact) mass is 324 g/mol. The molecule has 2 N–H and O–H groups in total. The van der Waals surface area contributed by atoms with Gasteiger partial charge >= 0.3 is 12.0 Å². The van der Waals surface area contributed by atoms with Crippen LogP contribution in [0, 0.1) is 0 Å². The standard InChI is InChI=1S/C12H9BrN2O4/c13-8-3-1-7(2-4-8)5-9-11(18)15(6-10(16)17)12(19)14-9/h1-5H,6H2,(H,14,19)(H,16,17)/b9-5+. The first kappa shape index (κ1) is 13.3. The van der Waals surface area contributed by atoms with Crippen LogP contribution in [0.25, 0.3) is 6.08 Å². The molecule has 98 valence electrons. The van der Waals surface area contributed by atoms with Crippen molar-refractivity contribution >= 4 is 39.9 Å². The fraction of sp³-hybridized carbons (Fsp3) is 0.0833. The molecule has 1 aliphatic rings. The first-order valence-electron chi connectivity index (χ1n) is 5.29. The number of urea groups is 1. The van der Waals surface area contributed by atoms with Crippen molar-refractivity contribution in [3.8, 4) is 0 Å².